The molecule has 2 rings (SSSR count). The zero-order chi connectivity index (χ0) is 12.4. The van der Waals surface area contributed by atoms with Crippen LogP contribution in [0.1, 0.15) is 0 Å². The van der Waals surface area contributed by atoms with Gasteiger partial charge in [-0.1, -0.05) is 15.9 Å². The molecular weight excluding hydrogens is 289 g/mol. The molecule has 0 saturated carbocycles. The van der Waals surface area contributed by atoms with Crippen LogP contribution in [0, 0.1) is 5.82 Å². The molecule has 0 atom stereocenters. The quantitative estimate of drug-likeness (QED) is 0.911. The summed E-state index contributed by atoms with van der Waals surface area (Å²) in [5.74, 6) is 0.0318. The van der Waals surface area contributed by atoms with Crippen LogP contribution in [0.4, 0.5) is 10.2 Å². The highest BCUT2D eigenvalue weighted by atomic mass is 79.9. The highest BCUT2D eigenvalue weighted by Crippen LogP contribution is 2.25. The van der Waals surface area contributed by atoms with E-state index in [1.165, 1.54) is 10.7 Å². The van der Waals surface area contributed by atoms with Crippen LogP contribution < -0.4 is 5.73 Å². The zero-order valence-electron chi connectivity index (χ0n) is 8.90. The molecule has 17 heavy (non-hydrogen) atoms. The second-order valence-electron chi connectivity index (χ2n) is 3.53. The van der Waals surface area contributed by atoms with E-state index in [0.29, 0.717) is 28.1 Å². The molecule has 6 heteroatoms. The number of aromatic nitrogens is 2. The number of nitrogens with two attached hydrogens (primary N) is 1. The molecule has 1 heterocycles. The van der Waals surface area contributed by atoms with Crippen LogP contribution in [0.25, 0.3) is 11.3 Å². The molecule has 0 aliphatic carbocycles. The Morgan fingerprint density at radius 1 is 1.41 bits per heavy atom. The molecule has 0 spiro atoms. The van der Waals surface area contributed by atoms with Crippen LogP contribution in [-0.2, 0) is 6.54 Å². The lowest BCUT2D eigenvalue weighted by Crippen LogP contribution is -2.07. The Balaban J connectivity index is 2.42. The van der Waals surface area contributed by atoms with Crippen molar-refractivity contribution in [3.8, 4) is 11.3 Å². The second kappa shape index (κ2) is 4.85. The largest absolute Gasteiger partial charge is 0.394 e. The Morgan fingerprint density at radius 2 is 2.18 bits per heavy atom. The molecule has 0 saturated heterocycles. The van der Waals surface area contributed by atoms with Crippen molar-refractivity contribution in [2.45, 2.75) is 6.54 Å². The molecule has 3 N–H and O–H groups in total. The van der Waals surface area contributed by atoms with Crippen molar-refractivity contribution in [1.29, 1.82) is 0 Å². The van der Waals surface area contributed by atoms with Gasteiger partial charge in [0, 0.05) is 16.1 Å². The lowest BCUT2D eigenvalue weighted by Gasteiger charge is -2.00. The minimum absolute atomic E-state index is 0.0614. The van der Waals surface area contributed by atoms with Crippen LogP contribution in [0.5, 0.6) is 0 Å². The Kier molecular flexibility index (Phi) is 3.44. The van der Waals surface area contributed by atoms with Gasteiger partial charge in [-0.15, -0.1) is 0 Å². The fraction of sp³-hybridized carbons (Fsp3) is 0.182. The number of halogens is 2. The molecule has 0 fully saturated rings. The summed E-state index contributed by atoms with van der Waals surface area (Å²) < 4.78 is 15.8. The Morgan fingerprint density at radius 3 is 2.82 bits per heavy atom. The van der Waals surface area contributed by atoms with Gasteiger partial charge >= 0.3 is 0 Å². The molecular formula is C11H11BrFN3O. The number of nitrogens with zero attached hydrogens (tertiary/aromatic N) is 2. The fourth-order valence-electron chi connectivity index (χ4n) is 1.53. The number of rotatable bonds is 3. The first-order chi connectivity index (χ1) is 8.11. The Hall–Kier alpha value is -1.40. The second-order valence-corrected chi connectivity index (χ2v) is 4.44. The maximum Gasteiger partial charge on any atom is 0.133 e. The average Bonchev–Trinajstić information content (AvgIpc) is 2.60. The van der Waals surface area contributed by atoms with E-state index in [1.54, 1.807) is 18.2 Å². The molecule has 0 aliphatic heterocycles. The lowest BCUT2D eigenvalue weighted by atomic mass is 10.1. The van der Waals surface area contributed by atoms with Crippen molar-refractivity contribution in [2.24, 2.45) is 0 Å². The standard InChI is InChI=1S/C11H11BrFN3O/c12-7-1-2-8(9(13)5-7)10-6-11(14)16(15-10)3-4-17/h1-2,5-6,17H,3-4,14H2. The van der Waals surface area contributed by atoms with Crippen LogP contribution in [-0.4, -0.2) is 21.5 Å². The maximum atomic E-state index is 13.7. The van der Waals surface area contributed by atoms with Gasteiger partial charge in [0.25, 0.3) is 0 Å². The number of anilines is 1. The Labute approximate surface area is 106 Å². The van der Waals surface area contributed by atoms with E-state index in [9.17, 15) is 4.39 Å². The normalized spacial score (nSPS) is 10.8. The smallest absolute Gasteiger partial charge is 0.133 e. The van der Waals surface area contributed by atoms with E-state index < -0.39 is 0 Å². The third-order valence-electron chi connectivity index (χ3n) is 2.33. The highest BCUT2D eigenvalue weighted by Gasteiger charge is 2.11. The van der Waals surface area contributed by atoms with Gasteiger partial charge in [0.05, 0.1) is 18.8 Å². The van der Waals surface area contributed by atoms with Gasteiger partial charge in [-0.25, -0.2) is 9.07 Å². The number of hydrogen-bond acceptors (Lipinski definition) is 3. The van der Waals surface area contributed by atoms with Gasteiger partial charge in [-0.2, -0.15) is 5.10 Å². The molecule has 0 unspecified atom stereocenters. The topological polar surface area (TPSA) is 64.1 Å². The van der Waals surface area contributed by atoms with Crippen molar-refractivity contribution in [1.82, 2.24) is 9.78 Å². The van der Waals surface area contributed by atoms with Gasteiger partial charge in [-0.3, -0.25) is 0 Å². The van der Waals surface area contributed by atoms with Crippen LogP contribution in [0.2, 0.25) is 0 Å². The maximum absolute atomic E-state index is 13.7. The van der Waals surface area contributed by atoms with Crippen molar-refractivity contribution in [3.63, 3.8) is 0 Å². The molecule has 90 valence electrons. The summed E-state index contributed by atoms with van der Waals surface area (Å²) in [5, 5.41) is 13.0. The summed E-state index contributed by atoms with van der Waals surface area (Å²) in [5.41, 5.74) is 6.55. The molecule has 0 aliphatic rings. The number of aliphatic hydroxyl groups excluding tert-OH is 1. The fourth-order valence-corrected chi connectivity index (χ4v) is 1.87. The van der Waals surface area contributed by atoms with Crippen molar-refractivity contribution >= 4 is 21.7 Å². The molecule has 0 bridgehead atoms. The molecule has 1 aromatic carbocycles. The van der Waals surface area contributed by atoms with Crippen molar-refractivity contribution < 1.29 is 9.50 Å². The van der Waals surface area contributed by atoms with Crippen molar-refractivity contribution in [3.05, 3.63) is 34.6 Å². The first kappa shape index (κ1) is 12.1. The van der Waals surface area contributed by atoms with Crippen LogP contribution in [0.15, 0.2) is 28.7 Å². The zero-order valence-corrected chi connectivity index (χ0v) is 10.5. The average molecular weight is 300 g/mol. The lowest BCUT2D eigenvalue weighted by molar-refractivity contribution is 0.270. The molecule has 2 aromatic rings. The van der Waals surface area contributed by atoms with E-state index in [2.05, 4.69) is 21.0 Å². The van der Waals surface area contributed by atoms with Gasteiger partial charge in [-0.05, 0) is 18.2 Å². The predicted molar refractivity (Wildman–Crippen MR) is 66.8 cm³/mol. The predicted octanol–water partition coefficient (Wildman–Crippen LogP) is 2.03. The van der Waals surface area contributed by atoms with E-state index in [1.807, 2.05) is 0 Å². The first-order valence-corrected chi connectivity index (χ1v) is 5.80. The number of nitrogen functional groups attached to an aromatic ring is 1. The van der Waals surface area contributed by atoms with Crippen molar-refractivity contribution in [2.75, 3.05) is 12.3 Å². The van der Waals surface area contributed by atoms with Gasteiger partial charge in [0.15, 0.2) is 0 Å². The van der Waals surface area contributed by atoms with Crippen LogP contribution >= 0.6 is 15.9 Å². The van der Waals surface area contributed by atoms with E-state index in [4.69, 9.17) is 10.8 Å². The third kappa shape index (κ3) is 2.48. The monoisotopic (exact) mass is 299 g/mol. The highest BCUT2D eigenvalue weighted by molar-refractivity contribution is 9.10. The molecule has 1 aromatic heterocycles. The minimum atomic E-state index is -0.368. The Bertz CT molecular complexity index is 542. The minimum Gasteiger partial charge on any atom is -0.394 e. The third-order valence-corrected chi connectivity index (χ3v) is 2.82. The summed E-state index contributed by atoms with van der Waals surface area (Å²) in [7, 11) is 0. The molecule has 0 amide bonds. The molecule has 4 nitrogen and oxygen atoms in total. The summed E-state index contributed by atoms with van der Waals surface area (Å²) in [4.78, 5) is 0. The van der Waals surface area contributed by atoms with Gasteiger partial charge in [0.1, 0.15) is 11.6 Å². The summed E-state index contributed by atoms with van der Waals surface area (Å²) in [6.45, 7) is 0.234. The number of benzene rings is 1. The molecule has 0 radical (unpaired) electrons. The summed E-state index contributed by atoms with van der Waals surface area (Å²) in [6, 6.07) is 6.32. The van der Waals surface area contributed by atoms with Crippen LogP contribution in [0.3, 0.4) is 0 Å². The van der Waals surface area contributed by atoms with E-state index in [0.717, 1.165) is 0 Å². The number of aliphatic hydroxyl groups is 1. The number of hydrogen-bond donors (Lipinski definition) is 2. The summed E-state index contributed by atoms with van der Waals surface area (Å²) >= 11 is 3.19. The van der Waals surface area contributed by atoms with E-state index >= 15 is 0 Å². The van der Waals surface area contributed by atoms with Gasteiger partial charge < -0.3 is 10.8 Å². The summed E-state index contributed by atoms with van der Waals surface area (Å²) in [6.07, 6.45) is 0. The van der Waals surface area contributed by atoms with Gasteiger partial charge in [0.2, 0.25) is 0 Å². The first-order valence-electron chi connectivity index (χ1n) is 5.01. The van der Waals surface area contributed by atoms with E-state index in [-0.39, 0.29) is 12.4 Å². The SMILES string of the molecule is Nc1cc(-c2ccc(Br)cc2F)nn1CCO.